The fourth-order valence-corrected chi connectivity index (χ4v) is 2.45. The molecule has 0 atom stereocenters. The van der Waals surface area contributed by atoms with E-state index >= 15 is 0 Å². The summed E-state index contributed by atoms with van der Waals surface area (Å²) in [5.74, 6) is 2.69. The summed E-state index contributed by atoms with van der Waals surface area (Å²) in [6, 6.07) is 6.16. The molecule has 1 aromatic rings. The first-order valence-corrected chi connectivity index (χ1v) is 8.62. The molecule has 0 bridgehead atoms. The van der Waals surface area contributed by atoms with Crippen LogP contribution in [0.2, 0.25) is 0 Å². The van der Waals surface area contributed by atoms with E-state index in [1.165, 1.54) is 29.5 Å². The van der Waals surface area contributed by atoms with Gasteiger partial charge in [0.2, 0.25) is 0 Å². The van der Waals surface area contributed by atoms with Crippen LogP contribution in [0.1, 0.15) is 69.1 Å². The van der Waals surface area contributed by atoms with Gasteiger partial charge in [-0.25, -0.2) is 0 Å². The quantitative estimate of drug-likeness (QED) is 0.292. The Hall–Kier alpha value is -2.07. The van der Waals surface area contributed by atoms with Gasteiger partial charge in [0.15, 0.2) is 0 Å². The Morgan fingerprint density at radius 3 is 2.48 bits per heavy atom. The number of aliphatic imine (C=N–C) groups is 1. The average molecular weight is 307 g/mol. The van der Waals surface area contributed by atoms with E-state index in [2.05, 4.69) is 45.4 Å². The van der Waals surface area contributed by atoms with Gasteiger partial charge in [-0.3, -0.25) is 4.99 Å². The molecule has 0 radical (unpaired) electrons. The van der Waals surface area contributed by atoms with Crippen molar-refractivity contribution in [1.29, 1.82) is 0 Å². The molecule has 0 aromatic heterocycles. The number of terminal acetylenes is 1. The van der Waals surface area contributed by atoms with Crippen molar-refractivity contribution in [3.8, 4) is 12.3 Å². The lowest BCUT2D eigenvalue weighted by Crippen LogP contribution is -2.03. The summed E-state index contributed by atoms with van der Waals surface area (Å²) >= 11 is 0. The smallest absolute Gasteiger partial charge is 0.0478 e. The van der Waals surface area contributed by atoms with E-state index in [9.17, 15) is 0 Å². The second-order valence-corrected chi connectivity index (χ2v) is 5.87. The minimum atomic E-state index is 0.923. The van der Waals surface area contributed by atoms with Gasteiger partial charge in [0.05, 0.1) is 0 Å². The minimum absolute atomic E-state index is 0.923. The molecule has 1 nitrogen and oxygen atoms in total. The number of nitrogens with zero attached hydrogens (tertiary/aromatic N) is 1. The van der Waals surface area contributed by atoms with Crippen molar-refractivity contribution in [2.24, 2.45) is 4.99 Å². The largest absolute Gasteiger partial charge is 0.260 e. The monoisotopic (exact) mass is 307 g/mol. The van der Waals surface area contributed by atoms with Crippen LogP contribution < -0.4 is 0 Å². The van der Waals surface area contributed by atoms with Crippen molar-refractivity contribution in [2.45, 2.75) is 59.3 Å². The van der Waals surface area contributed by atoms with E-state index in [0.29, 0.717) is 0 Å². The maximum atomic E-state index is 5.49. The number of aryl methyl sites for hydroxylation is 1. The summed E-state index contributed by atoms with van der Waals surface area (Å²) in [7, 11) is 0. The van der Waals surface area contributed by atoms with Gasteiger partial charge in [-0.2, -0.15) is 0 Å². The maximum Gasteiger partial charge on any atom is 0.0478 e. The average Bonchev–Trinajstić information content (AvgIpc) is 2.57. The van der Waals surface area contributed by atoms with Crippen LogP contribution in [-0.2, 0) is 0 Å². The van der Waals surface area contributed by atoms with Crippen LogP contribution in [0, 0.1) is 19.3 Å². The van der Waals surface area contributed by atoms with Gasteiger partial charge < -0.3 is 0 Å². The number of hydrogen-bond donors (Lipinski definition) is 0. The molecule has 1 heteroatoms. The van der Waals surface area contributed by atoms with Gasteiger partial charge in [0.25, 0.3) is 0 Å². The van der Waals surface area contributed by atoms with E-state index in [1.807, 2.05) is 18.3 Å². The Balaban J connectivity index is 3.13. The molecule has 0 saturated heterocycles. The first-order valence-electron chi connectivity index (χ1n) is 8.62. The normalized spacial score (nSPS) is 12.1. The van der Waals surface area contributed by atoms with Crippen LogP contribution in [-0.4, -0.2) is 5.71 Å². The minimum Gasteiger partial charge on any atom is -0.260 e. The van der Waals surface area contributed by atoms with Crippen molar-refractivity contribution < 1.29 is 0 Å². The molecule has 0 unspecified atom stereocenters. The molecular weight excluding hydrogens is 278 g/mol. The van der Waals surface area contributed by atoms with Gasteiger partial charge >= 0.3 is 0 Å². The summed E-state index contributed by atoms with van der Waals surface area (Å²) in [6.45, 7) is 10.4. The lowest BCUT2D eigenvalue weighted by Gasteiger charge is -2.10. The summed E-state index contributed by atoms with van der Waals surface area (Å²) < 4.78 is 0. The molecule has 0 aliphatic rings. The Bertz CT molecular complexity index is 611. The van der Waals surface area contributed by atoms with Crippen LogP contribution in [0.5, 0.6) is 0 Å². The molecule has 0 fully saturated rings. The molecule has 0 amide bonds. The molecule has 0 heterocycles. The zero-order valence-corrected chi connectivity index (χ0v) is 14.9. The number of allylic oxidation sites excluding steroid dienone is 2. The standard InChI is InChI=1S/C22H29N/c1-6-10-12-20(9-4)17-23-22(13-11-7-2)21-15-14-19(8-3)16-18(21)5/h3,9,14-17H,4,6-7,10-13H2,1-2,5H3/b20-17+,23-22?. The van der Waals surface area contributed by atoms with E-state index in [0.717, 1.165) is 37.0 Å². The predicted molar refractivity (Wildman–Crippen MR) is 103 cm³/mol. The molecule has 0 aliphatic carbocycles. The molecule has 0 aliphatic heterocycles. The number of rotatable bonds is 9. The van der Waals surface area contributed by atoms with Crippen LogP contribution in [0.3, 0.4) is 0 Å². The highest BCUT2D eigenvalue weighted by Gasteiger charge is 2.07. The Labute approximate surface area is 142 Å². The van der Waals surface area contributed by atoms with E-state index in [1.54, 1.807) is 0 Å². The summed E-state index contributed by atoms with van der Waals surface area (Å²) in [5, 5.41) is 0. The Morgan fingerprint density at radius 2 is 1.91 bits per heavy atom. The van der Waals surface area contributed by atoms with Crippen LogP contribution in [0.15, 0.2) is 47.6 Å². The number of unbranched alkanes of at least 4 members (excludes halogenated alkanes) is 2. The first kappa shape index (κ1) is 19.0. The van der Waals surface area contributed by atoms with Crippen LogP contribution >= 0.6 is 0 Å². The zero-order chi connectivity index (χ0) is 17.1. The highest BCUT2D eigenvalue weighted by molar-refractivity contribution is 6.02. The maximum absolute atomic E-state index is 5.49. The molecule has 0 spiro atoms. The summed E-state index contributed by atoms with van der Waals surface area (Å²) in [4.78, 5) is 4.80. The third kappa shape index (κ3) is 6.28. The SMILES string of the molecule is C#Cc1ccc(C(CCCC)=N/C=C(\C=C)CCCC)c(C)c1. The summed E-state index contributed by atoms with van der Waals surface area (Å²) in [5.41, 5.74) is 5.67. The molecule has 23 heavy (non-hydrogen) atoms. The molecular formula is C22H29N. The fourth-order valence-electron chi connectivity index (χ4n) is 2.45. The molecule has 122 valence electrons. The van der Waals surface area contributed by atoms with Gasteiger partial charge in [0, 0.05) is 17.5 Å². The van der Waals surface area contributed by atoms with Gasteiger partial charge in [-0.1, -0.05) is 51.3 Å². The molecule has 1 aromatic carbocycles. The predicted octanol–water partition coefficient (Wildman–Crippen LogP) is 6.22. The van der Waals surface area contributed by atoms with E-state index in [4.69, 9.17) is 11.4 Å². The highest BCUT2D eigenvalue weighted by atomic mass is 14.7. The van der Waals surface area contributed by atoms with Gasteiger partial charge in [0.1, 0.15) is 0 Å². The van der Waals surface area contributed by atoms with Crippen molar-refractivity contribution in [3.05, 3.63) is 59.3 Å². The topological polar surface area (TPSA) is 12.4 Å². The third-order valence-corrected chi connectivity index (χ3v) is 3.94. The highest BCUT2D eigenvalue weighted by Crippen LogP contribution is 2.17. The molecule has 0 N–H and O–H groups in total. The fraction of sp³-hybridized carbons (Fsp3) is 0.409. The third-order valence-electron chi connectivity index (χ3n) is 3.94. The van der Waals surface area contributed by atoms with Crippen molar-refractivity contribution in [2.75, 3.05) is 0 Å². The lowest BCUT2D eigenvalue weighted by atomic mass is 9.98. The Kier molecular flexibility index (Phi) is 8.76. The summed E-state index contributed by atoms with van der Waals surface area (Å²) in [6.07, 6.45) is 16.1. The van der Waals surface area contributed by atoms with Crippen LogP contribution in [0.4, 0.5) is 0 Å². The molecule has 0 saturated carbocycles. The van der Waals surface area contributed by atoms with Gasteiger partial charge in [-0.15, -0.1) is 6.42 Å². The lowest BCUT2D eigenvalue weighted by molar-refractivity contribution is 0.796. The van der Waals surface area contributed by atoms with Crippen molar-refractivity contribution in [3.63, 3.8) is 0 Å². The number of benzene rings is 1. The number of hydrogen-bond acceptors (Lipinski definition) is 1. The van der Waals surface area contributed by atoms with Crippen molar-refractivity contribution >= 4 is 5.71 Å². The van der Waals surface area contributed by atoms with Crippen LogP contribution in [0.25, 0.3) is 0 Å². The second kappa shape index (κ2) is 10.6. The first-order chi connectivity index (χ1) is 11.2. The Morgan fingerprint density at radius 1 is 1.22 bits per heavy atom. The molecule has 1 rings (SSSR count). The van der Waals surface area contributed by atoms with Gasteiger partial charge in [-0.05, 0) is 61.4 Å². The second-order valence-electron chi connectivity index (χ2n) is 5.87. The zero-order valence-electron chi connectivity index (χ0n) is 14.9. The van der Waals surface area contributed by atoms with E-state index < -0.39 is 0 Å². The van der Waals surface area contributed by atoms with E-state index in [-0.39, 0.29) is 0 Å². The van der Waals surface area contributed by atoms with Crippen molar-refractivity contribution in [1.82, 2.24) is 0 Å².